The van der Waals surface area contributed by atoms with Gasteiger partial charge in [-0.05, 0) is 20.8 Å². The summed E-state index contributed by atoms with van der Waals surface area (Å²) in [6, 6.07) is 0. The highest BCUT2D eigenvalue weighted by Gasteiger charge is 2.51. The Balaban J connectivity index is 3.27. The number of carbonyl (C=O) groups excluding carboxylic acids is 1. The van der Waals surface area contributed by atoms with Crippen molar-refractivity contribution in [1.82, 2.24) is 0 Å². The summed E-state index contributed by atoms with van der Waals surface area (Å²) in [5.74, 6) is -0.416. The van der Waals surface area contributed by atoms with Gasteiger partial charge in [-0.15, -0.1) is 34.8 Å². The van der Waals surface area contributed by atoms with Crippen LogP contribution in [0.15, 0.2) is 16.6 Å². The van der Waals surface area contributed by atoms with Gasteiger partial charge < -0.3 is 9.47 Å². The molecule has 0 fully saturated rings. The molecule has 1 aliphatic heterocycles. The van der Waals surface area contributed by atoms with E-state index in [1.54, 1.807) is 0 Å². The Bertz CT molecular complexity index is 426. The van der Waals surface area contributed by atoms with Crippen LogP contribution >= 0.6 is 34.8 Å². The summed E-state index contributed by atoms with van der Waals surface area (Å²) < 4.78 is 10.3. The molecule has 0 saturated heterocycles. The Morgan fingerprint density at radius 1 is 1.53 bits per heavy atom. The highest BCUT2D eigenvalue weighted by atomic mass is 35.5. The largest absolute Gasteiger partial charge is 0.466 e. The molecule has 0 bridgehead atoms. The monoisotopic (exact) mass is 327 g/mol. The van der Waals surface area contributed by atoms with E-state index >= 15 is 0 Å². The van der Waals surface area contributed by atoms with Crippen molar-refractivity contribution in [3.8, 4) is 0 Å². The Labute approximate surface area is 127 Å². The quantitative estimate of drug-likeness (QED) is 0.591. The molecule has 7 heteroatoms. The van der Waals surface area contributed by atoms with Crippen LogP contribution in [0.25, 0.3) is 0 Å². The van der Waals surface area contributed by atoms with Gasteiger partial charge >= 0.3 is 5.97 Å². The number of ether oxygens (including phenoxy) is 2. The maximum absolute atomic E-state index is 11.8. The van der Waals surface area contributed by atoms with Gasteiger partial charge in [0.2, 0.25) is 5.90 Å². The molecule has 0 spiro atoms. The van der Waals surface area contributed by atoms with Gasteiger partial charge in [0.25, 0.3) is 0 Å². The van der Waals surface area contributed by atoms with Gasteiger partial charge in [-0.2, -0.15) is 0 Å². The first-order chi connectivity index (χ1) is 8.66. The molecule has 1 heterocycles. The van der Waals surface area contributed by atoms with Gasteiger partial charge in [-0.25, -0.2) is 9.79 Å². The molecule has 0 aliphatic carbocycles. The first-order valence-corrected chi connectivity index (χ1v) is 7.00. The number of esters is 1. The van der Waals surface area contributed by atoms with E-state index in [-0.39, 0.29) is 22.9 Å². The van der Waals surface area contributed by atoms with E-state index in [4.69, 9.17) is 44.3 Å². The van der Waals surface area contributed by atoms with E-state index in [0.29, 0.717) is 0 Å². The zero-order valence-corrected chi connectivity index (χ0v) is 13.4. The smallest absolute Gasteiger partial charge is 0.338 e. The molecular formula is C12H16Cl3NO3. The second-order valence-electron chi connectivity index (χ2n) is 5.10. The van der Waals surface area contributed by atoms with Crippen LogP contribution in [0.1, 0.15) is 20.8 Å². The highest BCUT2D eigenvalue weighted by Crippen LogP contribution is 2.39. The van der Waals surface area contributed by atoms with Crippen LogP contribution in [0.2, 0.25) is 0 Å². The lowest BCUT2D eigenvalue weighted by molar-refractivity contribution is -0.137. The summed E-state index contributed by atoms with van der Waals surface area (Å²) in [5.41, 5.74) is -1.53. The molecular weight excluding hydrogens is 312 g/mol. The molecule has 108 valence electrons. The molecule has 0 saturated carbocycles. The Hall–Kier alpha value is -0.450. The number of halogens is 3. The van der Waals surface area contributed by atoms with Gasteiger partial charge in [0.15, 0.2) is 10.4 Å². The Morgan fingerprint density at radius 2 is 2.11 bits per heavy atom. The van der Waals surface area contributed by atoms with Crippen LogP contribution in [0.3, 0.4) is 0 Å². The molecule has 1 aliphatic rings. The van der Waals surface area contributed by atoms with Crippen LogP contribution in [-0.2, 0) is 14.3 Å². The van der Waals surface area contributed by atoms with Crippen LogP contribution < -0.4 is 0 Å². The van der Waals surface area contributed by atoms with Crippen molar-refractivity contribution >= 4 is 46.7 Å². The minimum absolute atomic E-state index is 0.0885. The zero-order chi connectivity index (χ0) is 14.8. The number of hydrogen-bond acceptors (Lipinski definition) is 4. The number of carbonyl (C=O) groups is 1. The molecule has 1 atom stereocenters. The van der Waals surface area contributed by atoms with Gasteiger partial charge in [0.05, 0.1) is 24.1 Å². The lowest BCUT2D eigenvalue weighted by Gasteiger charge is -2.29. The second-order valence-corrected chi connectivity index (χ2v) is 6.46. The number of aliphatic imine (C=N–C) groups is 1. The fourth-order valence-electron chi connectivity index (χ4n) is 1.56. The third kappa shape index (κ3) is 3.56. The van der Waals surface area contributed by atoms with Gasteiger partial charge in [0.1, 0.15) is 0 Å². The molecule has 1 rings (SSSR count). The van der Waals surface area contributed by atoms with Crippen molar-refractivity contribution in [3.05, 3.63) is 11.6 Å². The van der Waals surface area contributed by atoms with Gasteiger partial charge in [0, 0.05) is 6.08 Å². The predicted molar refractivity (Wildman–Crippen MR) is 77.3 cm³/mol. The SMILES string of the molecule is COC(=O)C1=CC(=NC(C)(C)C)OC1(CCl)C(Cl)Cl. The minimum atomic E-state index is -1.33. The molecule has 0 aromatic carbocycles. The summed E-state index contributed by atoms with van der Waals surface area (Å²) in [6.07, 6.45) is 1.47. The average Bonchev–Trinajstić information content (AvgIpc) is 2.65. The minimum Gasteiger partial charge on any atom is -0.466 e. The summed E-state index contributed by atoms with van der Waals surface area (Å²) >= 11 is 17.7. The number of nitrogens with zero attached hydrogens (tertiary/aromatic N) is 1. The normalized spacial score (nSPS) is 25.5. The topological polar surface area (TPSA) is 47.9 Å². The molecule has 0 amide bonds. The van der Waals surface area contributed by atoms with Crippen LogP contribution in [0, 0.1) is 0 Å². The van der Waals surface area contributed by atoms with Crippen molar-refractivity contribution in [2.24, 2.45) is 4.99 Å². The Kier molecular flexibility index (Phi) is 5.15. The van der Waals surface area contributed by atoms with Crippen molar-refractivity contribution in [3.63, 3.8) is 0 Å². The molecule has 0 radical (unpaired) electrons. The van der Waals surface area contributed by atoms with Crippen LogP contribution in [0.4, 0.5) is 0 Å². The summed E-state index contributed by atoms with van der Waals surface area (Å²) in [5, 5.41) is 0. The third-order valence-corrected chi connectivity index (χ3v) is 3.51. The van der Waals surface area contributed by atoms with Crippen molar-refractivity contribution in [2.45, 2.75) is 36.7 Å². The lowest BCUT2D eigenvalue weighted by Crippen LogP contribution is -2.44. The van der Waals surface area contributed by atoms with Crippen molar-refractivity contribution in [1.29, 1.82) is 0 Å². The van der Waals surface area contributed by atoms with E-state index in [1.165, 1.54) is 13.2 Å². The van der Waals surface area contributed by atoms with Crippen LogP contribution in [0.5, 0.6) is 0 Å². The summed E-state index contributed by atoms with van der Waals surface area (Å²) in [7, 11) is 1.26. The van der Waals surface area contributed by atoms with Crippen LogP contribution in [-0.4, -0.2) is 40.8 Å². The second kappa shape index (κ2) is 5.90. The molecule has 19 heavy (non-hydrogen) atoms. The molecule has 1 unspecified atom stereocenters. The molecule has 0 aromatic rings. The van der Waals surface area contributed by atoms with E-state index < -0.39 is 16.4 Å². The Morgan fingerprint density at radius 3 is 2.47 bits per heavy atom. The van der Waals surface area contributed by atoms with E-state index in [9.17, 15) is 4.79 Å². The third-order valence-electron chi connectivity index (χ3n) is 2.41. The zero-order valence-electron chi connectivity index (χ0n) is 11.2. The summed E-state index contributed by atoms with van der Waals surface area (Å²) in [6.45, 7) is 5.69. The fraction of sp³-hybridized carbons (Fsp3) is 0.667. The first-order valence-electron chi connectivity index (χ1n) is 5.60. The number of rotatable bonds is 3. The maximum atomic E-state index is 11.8. The maximum Gasteiger partial charge on any atom is 0.338 e. The number of alkyl halides is 3. The first kappa shape index (κ1) is 16.6. The summed E-state index contributed by atoms with van der Waals surface area (Å²) in [4.78, 5) is 15.1. The average molecular weight is 329 g/mol. The molecule has 0 N–H and O–H groups in total. The standard InChI is InChI=1S/C12H16Cl3NO3/c1-11(2,3)16-8-5-7(9(17)18-4)12(6-13,19-8)10(14)15/h5,10H,6H2,1-4H3. The van der Waals surface area contributed by atoms with Gasteiger partial charge in [-0.3, -0.25) is 0 Å². The van der Waals surface area contributed by atoms with Crippen molar-refractivity contribution < 1.29 is 14.3 Å². The predicted octanol–water partition coefficient (Wildman–Crippen LogP) is 3.09. The fourth-order valence-corrected chi connectivity index (χ4v) is 2.55. The lowest BCUT2D eigenvalue weighted by atomic mass is 9.99. The van der Waals surface area contributed by atoms with Crippen molar-refractivity contribution in [2.75, 3.05) is 13.0 Å². The molecule has 4 nitrogen and oxygen atoms in total. The highest BCUT2D eigenvalue weighted by molar-refractivity contribution is 6.46. The van der Waals surface area contributed by atoms with E-state index in [2.05, 4.69) is 4.99 Å². The number of hydrogen-bond donors (Lipinski definition) is 0. The molecule has 0 aromatic heterocycles. The van der Waals surface area contributed by atoms with Gasteiger partial charge in [-0.1, -0.05) is 0 Å². The van der Waals surface area contributed by atoms with E-state index in [0.717, 1.165) is 0 Å². The number of methoxy groups -OCH3 is 1. The van der Waals surface area contributed by atoms with E-state index in [1.807, 2.05) is 20.8 Å².